The summed E-state index contributed by atoms with van der Waals surface area (Å²) in [6.45, 7) is 8.32. The fraction of sp³-hybridized carbons (Fsp3) is 0.312. The molecule has 0 unspecified atom stereocenters. The first-order valence-electron chi connectivity index (χ1n) is 6.52. The fourth-order valence-corrected chi connectivity index (χ4v) is 2.05. The van der Waals surface area contributed by atoms with Gasteiger partial charge in [-0.1, -0.05) is 39.0 Å². The van der Waals surface area contributed by atoms with Crippen LogP contribution in [0.25, 0.3) is 0 Å². The Balaban J connectivity index is 2.41. The molecular weight excluding hydrogens is 248 g/mol. The van der Waals surface area contributed by atoms with Crippen LogP contribution in [0.5, 0.6) is 0 Å². The SMILES string of the molecule is Cc1cc(C#N)nc(Nc2ccccc2C(C)(C)C)n1. The number of nitrogens with one attached hydrogen (secondary N) is 1. The van der Waals surface area contributed by atoms with Crippen LogP contribution in [-0.2, 0) is 5.41 Å². The van der Waals surface area contributed by atoms with Gasteiger partial charge in [0.2, 0.25) is 5.95 Å². The van der Waals surface area contributed by atoms with Gasteiger partial charge < -0.3 is 5.32 Å². The molecule has 102 valence electrons. The molecule has 0 aliphatic heterocycles. The van der Waals surface area contributed by atoms with Crippen molar-refractivity contribution in [3.63, 3.8) is 0 Å². The van der Waals surface area contributed by atoms with Crippen molar-refractivity contribution in [1.29, 1.82) is 5.26 Å². The lowest BCUT2D eigenvalue weighted by molar-refractivity contribution is 0.592. The quantitative estimate of drug-likeness (QED) is 0.900. The molecule has 0 amide bonds. The van der Waals surface area contributed by atoms with E-state index >= 15 is 0 Å². The summed E-state index contributed by atoms with van der Waals surface area (Å²) in [7, 11) is 0. The first-order chi connectivity index (χ1) is 9.40. The van der Waals surface area contributed by atoms with Crippen molar-refractivity contribution in [2.45, 2.75) is 33.1 Å². The molecule has 2 aromatic rings. The van der Waals surface area contributed by atoms with Gasteiger partial charge in [0.05, 0.1) is 0 Å². The standard InChI is InChI=1S/C16H18N4/c1-11-9-12(10-17)19-15(18-11)20-14-8-6-5-7-13(14)16(2,3)4/h5-9H,1-4H3,(H,18,19,20). The molecule has 1 N–H and O–H groups in total. The Labute approximate surface area is 119 Å². The minimum Gasteiger partial charge on any atom is -0.324 e. The Hall–Kier alpha value is -2.41. The van der Waals surface area contributed by atoms with E-state index in [-0.39, 0.29) is 5.41 Å². The van der Waals surface area contributed by atoms with E-state index in [0.717, 1.165) is 11.4 Å². The van der Waals surface area contributed by atoms with Gasteiger partial charge in [-0.3, -0.25) is 0 Å². The molecule has 0 spiro atoms. The number of aryl methyl sites for hydroxylation is 1. The summed E-state index contributed by atoms with van der Waals surface area (Å²) in [5.74, 6) is 0.457. The van der Waals surface area contributed by atoms with Gasteiger partial charge in [-0.2, -0.15) is 5.26 Å². The van der Waals surface area contributed by atoms with Gasteiger partial charge in [0.25, 0.3) is 0 Å². The van der Waals surface area contributed by atoms with E-state index in [0.29, 0.717) is 11.6 Å². The number of para-hydroxylation sites is 1. The molecule has 1 heterocycles. The summed E-state index contributed by atoms with van der Waals surface area (Å²) in [6.07, 6.45) is 0. The van der Waals surface area contributed by atoms with E-state index in [4.69, 9.17) is 5.26 Å². The number of rotatable bonds is 2. The third-order valence-electron chi connectivity index (χ3n) is 2.95. The second kappa shape index (κ2) is 5.30. The molecule has 0 bridgehead atoms. The summed E-state index contributed by atoms with van der Waals surface area (Å²) < 4.78 is 0. The van der Waals surface area contributed by atoms with E-state index in [1.165, 1.54) is 5.56 Å². The highest BCUT2D eigenvalue weighted by atomic mass is 15.1. The number of nitrogens with zero attached hydrogens (tertiary/aromatic N) is 3. The lowest BCUT2D eigenvalue weighted by Crippen LogP contribution is -2.14. The van der Waals surface area contributed by atoms with Crippen molar-refractivity contribution in [3.05, 3.63) is 47.3 Å². The number of aromatic nitrogens is 2. The number of hydrogen-bond acceptors (Lipinski definition) is 4. The van der Waals surface area contributed by atoms with Crippen molar-refractivity contribution in [3.8, 4) is 6.07 Å². The van der Waals surface area contributed by atoms with E-state index in [2.05, 4.69) is 42.1 Å². The van der Waals surface area contributed by atoms with E-state index in [9.17, 15) is 0 Å². The van der Waals surface area contributed by atoms with Crippen LogP contribution in [0.15, 0.2) is 30.3 Å². The van der Waals surface area contributed by atoms with Crippen molar-refractivity contribution in [2.75, 3.05) is 5.32 Å². The lowest BCUT2D eigenvalue weighted by atomic mass is 9.86. The third kappa shape index (κ3) is 3.12. The van der Waals surface area contributed by atoms with Crippen LogP contribution >= 0.6 is 0 Å². The summed E-state index contributed by atoms with van der Waals surface area (Å²) >= 11 is 0. The van der Waals surface area contributed by atoms with E-state index in [1.54, 1.807) is 6.07 Å². The van der Waals surface area contributed by atoms with E-state index in [1.807, 2.05) is 31.2 Å². The van der Waals surface area contributed by atoms with Crippen LogP contribution in [0.2, 0.25) is 0 Å². The highest BCUT2D eigenvalue weighted by Gasteiger charge is 2.18. The highest BCUT2D eigenvalue weighted by Crippen LogP contribution is 2.30. The zero-order valence-electron chi connectivity index (χ0n) is 12.2. The number of hydrogen-bond donors (Lipinski definition) is 1. The van der Waals surface area contributed by atoms with Crippen LogP contribution < -0.4 is 5.32 Å². The Morgan fingerprint density at radius 2 is 1.85 bits per heavy atom. The topological polar surface area (TPSA) is 61.6 Å². The Bertz CT molecular complexity index is 663. The minimum absolute atomic E-state index is 0.0193. The number of nitriles is 1. The average Bonchev–Trinajstić information content (AvgIpc) is 2.37. The predicted molar refractivity (Wildman–Crippen MR) is 79.9 cm³/mol. The normalized spacial score (nSPS) is 10.9. The molecule has 20 heavy (non-hydrogen) atoms. The van der Waals surface area contributed by atoms with Crippen molar-refractivity contribution in [2.24, 2.45) is 0 Å². The van der Waals surface area contributed by atoms with Gasteiger partial charge >= 0.3 is 0 Å². The smallest absolute Gasteiger partial charge is 0.228 e. The number of anilines is 2. The highest BCUT2D eigenvalue weighted by molar-refractivity contribution is 5.60. The molecule has 1 aromatic carbocycles. The van der Waals surface area contributed by atoms with Crippen LogP contribution in [-0.4, -0.2) is 9.97 Å². The minimum atomic E-state index is 0.0193. The van der Waals surface area contributed by atoms with Gasteiger partial charge in [-0.25, -0.2) is 9.97 Å². The maximum Gasteiger partial charge on any atom is 0.228 e. The van der Waals surface area contributed by atoms with Crippen LogP contribution in [0.3, 0.4) is 0 Å². The van der Waals surface area contributed by atoms with Crippen molar-refractivity contribution < 1.29 is 0 Å². The molecular formula is C16H18N4. The largest absolute Gasteiger partial charge is 0.324 e. The van der Waals surface area contributed by atoms with Crippen LogP contribution in [0, 0.1) is 18.3 Å². The Kier molecular flexibility index (Phi) is 3.71. The van der Waals surface area contributed by atoms with Crippen molar-refractivity contribution >= 4 is 11.6 Å². The monoisotopic (exact) mass is 266 g/mol. The second-order valence-electron chi connectivity index (χ2n) is 5.75. The van der Waals surface area contributed by atoms with E-state index < -0.39 is 0 Å². The zero-order valence-corrected chi connectivity index (χ0v) is 12.2. The molecule has 2 rings (SSSR count). The van der Waals surface area contributed by atoms with Gasteiger partial charge in [0, 0.05) is 11.4 Å². The third-order valence-corrected chi connectivity index (χ3v) is 2.95. The molecule has 0 fully saturated rings. The second-order valence-corrected chi connectivity index (χ2v) is 5.75. The maximum absolute atomic E-state index is 8.97. The lowest BCUT2D eigenvalue weighted by Gasteiger charge is -2.23. The zero-order chi connectivity index (χ0) is 14.8. The molecule has 0 aliphatic carbocycles. The van der Waals surface area contributed by atoms with Gasteiger partial charge in [0.1, 0.15) is 11.8 Å². The predicted octanol–water partition coefficient (Wildman–Crippen LogP) is 3.70. The molecule has 0 saturated heterocycles. The molecule has 0 radical (unpaired) electrons. The first-order valence-corrected chi connectivity index (χ1v) is 6.52. The molecule has 0 aliphatic rings. The summed E-state index contributed by atoms with van der Waals surface area (Å²) in [6, 6.07) is 11.8. The van der Waals surface area contributed by atoms with Gasteiger partial charge in [-0.15, -0.1) is 0 Å². The van der Waals surface area contributed by atoms with Crippen molar-refractivity contribution in [1.82, 2.24) is 9.97 Å². The maximum atomic E-state index is 8.97. The summed E-state index contributed by atoms with van der Waals surface area (Å²) in [5.41, 5.74) is 3.31. The van der Waals surface area contributed by atoms with Gasteiger partial charge in [-0.05, 0) is 30.0 Å². The molecule has 4 nitrogen and oxygen atoms in total. The summed E-state index contributed by atoms with van der Waals surface area (Å²) in [4.78, 5) is 8.51. The molecule has 0 atom stereocenters. The Morgan fingerprint density at radius 1 is 1.15 bits per heavy atom. The Morgan fingerprint density at radius 3 is 2.50 bits per heavy atom. The fourth-order valence-electron chi connectivity index (χ4n) is 2.05. The molecule has 4 heteroatoms. The molecule has 0 saturated carbocycles. The van der Waals surface area contributed by atoms with Gasteiger partial charge in [0.15, 0.2) is 0 Å². The van der Waals surface area contributed by atoms with Crippen LogP contribution in [0.1, 0.15) is 37.7 Å². The first kappa shape index (κ1) is 14.0. The van der Waals surface area contributed by atoms with Crippen LogP contribution in [0.4, 0.5) is 11.6 Å². The molecule has 1 aromatic heterocycles. The summed E-state index contributed by atoms with van der Waals surface area (Å²) in [5, 5.41) is 12.2. The average molecular weight is 266 g/mol. The number of benzene rings is 1.